The number of fused-ring (bicyclic) bond motifs is 5. The van der Waals surface area contributed by atoms with E-state index in [9.17, 15) is 25.5 Å². The van der Waals surface area contributed by atoms with Gasteiger partial charge in [0.05, 0.1) is 30.0 Å². The molecule has 0 amide bonds. The number of para-hydroxylation sites is 1. The van der Waals surface area contributed by atoms with E-state index in [1.807, 2.05) is 97.3 Å². The third-order valence-electron chi connectivity index (χ3n) is 11.1. The average molecular weight is 1180 g/mol. The summed E-state index contributed by atoms with van der Waals surface area (Å²) in [5.41, 5.74) is 7.27. The third-order valence-corrected chi connectivity index (χ3v) is 13.1. The molecule has 418 valence electrons. The molecule has 2 atom stereocenters. The number of aromatic nitrogens is 5. The molecule has 5 aromatic heterocycles. The lowest BCUT2D eigenvalue weighted by Crippen LogP contribution is -2.18. The number of benzene rings is 5. The van der Waals surface area contributed by atoms with Crippen LogP contribution in [0, 0.1) is 37.0 Å². The van der Waals surface area contributed by atoms with E-state index in [0.29, 0.717) is 59.6 Å². The van der Waals surface area contributed by atoms with Crippen LogP contribution in [0.1, 0.15) is 69.7 Å². The highest BCUT2D eigenvalue weighted by Crippen LogP contribution is 2.34. The number of nitrogens with zero attached hydrogens (tertiary/aromatic N) is 5. The summed E-state index contributed by atoms with van der Waals surface area (Å²) in [6, 6.07) is 38.3. The highest BCUT2D eigenvalue weighted by molar-refractivity contribution is 9.09. The van der Waals surface area contributed by atoms with E-state index in [4.69, 9.17) is 30.9 Å². The minimum absolute atomic E-state index is 0. The molecule has 10 rings (SSSR count). The van der Waals surface area contributed by atoms with E-state index in [2.05, 4.69) is 74.6 Å². The van der Waals surface area contributed by atoms with E-state index in [1.165, 1.54) is 0 Å². The van der Waals surface area contributed by atoms with Crippen LogP contribution in [0.2, 0.25) is 0 Å². The van der Waals surface area contributed by atoms with Crippen LogP contribution in [0.15, 0.2) is 158 Å². The standard InChI is InChI=1S/C14H14N2OS.C13H11BrN2O.C13H12N2O.C10H8ClNO.C9H7NO.5CH4/c1-3-8-16-14(18-2)11-6-7-12(17)13-10(11)5-4-9-15-13;1-2-7-16-13(14)10-5-6-11(17)12-9(10)4-3-8-15-12;1-2-7-14-9-10-5-6-12(16)13-11(10)4-3-8-15-13;11-6-7-3-4-9(13)10-8(7)2-1-5-12-10;11-8-5-1-3-7-4-2-6-10-9(7)8;;;;;/h1,4-7,9,14,16-17H,8H2,2H3;1,3-6,8,13,16-17H,7H2;1,3-6,8,14,16H,7,9H2;1-5,13H,6H2;1-6,11H;5*1H4. The molecular formula is C64H72BrClN8O5S. The van der Waals surface area contributed by atoms with Gasteiger partial charge in [-0.2, -0.15) is 0 Å². The van der Waals surface area contributed by atoms with Crippen molar-refractivity contribution >= 4 is 93.8 Å². The number of aromatic hydroxyl groups is 5. The fourth-order valence-electron chi connectivity index (χ4n) is 7.60. The maximum absolute atomic E-state index is 9.80. The molecule has 0 aliphatic heterocycles. The molecule has 10 aromatic rings. The van der Waals surface area contributed by atoms with Crippen LogP contribution >= 0.6 is 39.3 Å². The fourth-order valence-corrected chi connectivity index (χ4v) is 9.10. The first-order valence-electron chi connectivity index (χ1n) is 23.0. The monoisotopic (exact) mass is 1180 g/mol. The molecule has 0 spiro atoms. The molecule has 16 heteroatoms. The number of rotatable bonds is 11. The number of nitrogens with one attached hydrogen (secondary N) is 3. The lowest BCUT2D eigenvalue weighted by atomic mass is 10.1. The Bertz CT molecular complexity index is 3640. The first-order valence-corrected chi connectivity index (χ1v) is 25.8. The zero-order valence-corrected chi connectivity index (χ0v) is 43.7. The van der Waals surface area contributed by atoms with Crippen molar-refractivity contribution in [3.05, 3.63) is 181 Å². The third kappa shape index (κ3) is 18.5. The highest BCUT2D eigenvalue weighted by Gasteiger charge is 2.15. The maximum atomic E-state index is 9.80. The van der Waals surface area contributed by atoms with E-state index < -0.39 is 0 Å². The van der Waals surface area contributed by atoms with Gasteiger partial charge in [0.25, 0.3) is 0 Å². The topological polar surface area (TPSA) is 202 Å². The van der Waals surface area contributed by atoms with E-state index in [-0.39, 0.29) is 76.2 Å². The average Bonchev–Trinajstić information content (AvgIpc) is 3.45. The zero-order chi connectivity index (χ0) is 53.5. The molecule has 8 N–H and O–H groups in total. The number of halogens is 2. The molecule has 0 aliphatic rings. The van der Waals surface area contributed by atoms with Crippen molar-refractivity contribution in [2.45, 2.75) is 59.9 Å². The molecule has 5 heterocycles. The second kappa shape index (κ2) is 36.1. The number of thioether (sulfide) groups is 1. The SMILES string of the molecule is C.C.C.C.C.C#CCNC(Br)c1ccc(O)c2ncccc12.C#CCNC(SC)c1ccc(O)c2ncccc12.C#CCNCc1ccc(O)c2ncccc12.Oc1ccc(CCl)c2cccnc12.Oc1cccc2cccnc12. The Labute approximate surface area is 489 Å². The zero-order valence-electron chi connectivity index (χ0n) is 40.6. The normalized spacial score (nSPS) is 10.5. The van der Waals surface area contributed by atoms with Crippen molar-refractivity contribution in [2.24, 2.45) is 0 Å². The Balaban J connectivity index is 0.000000496. The van der Waals surface area contributed by atoms with E-state index in [0.717, 1.165) is 49.2 Å². The van der Waals surface area contributed by atoms with Crippen LogP contribution in [0.25, 0.3) is 54.5 Å². The van der Waals surface area contributed by atoms with E-state index in [1.54, 1.807) is 79.1 Å². The van der Waals surface area contributed by atoms with Gasteiger partial charge in [0, 0.05) is 70.3 Å². The summed E-state index contributed by atoms with van der Waals surface area (Å²) in [4.78, 5) is 20.6. The van der Waals surface area contributed by atoms with Crippen molar-refractivity contribution in [3.8, 4) is 65.8 Å². The molecule has 5 aromatic carbocycles. The van der Waals surface area contributed by atoms with Gasteiger partial charge in [0.15, 0.2) is 0 Å². The largest absolute Gasteiger partial charge is 0.506 e. The molecule has 80 heavy (non-hydrogen) atoms. The minimum Gasteiger partial charge on any atom is -0.506 e. The summed E-state index contributed by atoms with van der Waals surface area (Å²) < 4.78 is 0. The van der Waals surface area contributed by atoms with Crippen LogP contribution in [0.3, 0.4) is 0 Å². The summed E-state index contributed by atoms with van der Waals surface area (Å²) in [7, 11) is 0. The van der Waals surface area contributed by atoms with Crippen molar-refractivity contribution in [1.29, 1.82) is 0 Å². The Hall–Kier alpha value is -8.17. The number of phenols is 5. The van der Waals surface area contributed by atoms with Crippen molar-refractivity contribution in [2.75, 3.05) is 25.9 Å². The lowest BCUT2D eigenvalue weighted by molar-refractivity contribution is 0.479. The Morgan fingerprint density at radius 1 is 0.475 bits per heavy atom. The van der Waals surface area contributed by atoms with Gasteiger partial charge in [0.1, 0.15) is 56.3 Å². The van der Waals surface area contributed by atoms with Crippen molar-refractivity contribution in [3.63, 3.8) is 0 Å². The van der Waals surface area contributed by atoms with Gasteiger partial charge in [-0.05, 0) is 89.2 Å². The maximum Gasteiger partial charge on any atom is 0.141 e. The van der Waals surface area contributed by atoms with Gasteiger partial charge in [-0.3, -0.25) is 35.6 Å². The quantitative estimate of drug-likeness (QED) is 0.0200. The lowest BCUT2D eigenvalue weighted by Gasteiger charge is -2.17. The molecule has 0 fully saturated rings. The second-order valence-corrected chi connectivity index (χ2v) is 18.0. The fraction of sp³-hybridized carbons (Fsp3) is 0.203. The molecule has 2 unspecified atom stereocenters. The van der Waals surface area contributed by atoms with Gasteiger partial charge in [-0.1, -0.05) is 138 Å². The van der Waals surface area contributed by atoms with Crippen molar-refractivity contribution < 1.29 is 25.5 Å². The number of hydrogen-bond acceptors (Lipinski definition) is 14. The van der Waals surface area contributed by atoms with Crippen LogP contribution < -0.4 is 16.0 Å². The number of phenolic OH excluding ortho intramolecular Hbond substituents is 5. The summed E-state index contributed by atoms with van der Waals surface area (Å²) >= 11 is 10.9. The molecule has 0 bridgehead atoms. The number of pyridine rings is 5. The van der Waals surface area contributed by atoms with Crippen LogP contribution in [0.4, 0.5) is 0 Å². The molecule has 13 nitrogen and oxygen atoms in total. The summed E-state index contributed by atoms with van der Waals surface area (Å²) in [6.45, 7) is 2.18. The molecule has 0 radical (unpaired) electrons. The molecule has 0 saturated heterocycles. The summed E-state index contributed by atoms with van der Waals surface area (Å²) in [6.07, 6.45) is 26.0. The Morgan fingerprint density at radius 2 is 0.863 bits per heavy atom. The number of alkyl halides is 2. The van der Waals surface area contributed by atoms with Crippen molar-refractivity contribution in [1.82, 2.24) is 40.9 Å². The van der Waals surface area contributed by atoms with Crippen LogP contribution in [-0.4, -0.2) is 76.3 Å². The Kier molecular flexibility index (Phi) is 31.5. The minimum atomic E-state index is -0.0640. The predicted octanol–water partition coefficient (Wildman–Crippen LogP) is 14.5. The van der Waals surface area contributed by atoms with Crippen LogP contribution in [0.5, 0.6) is 28.7 Å². The van der Waals surface area contributed by atoms with Gasteiger partial charge in [-0.25, -0.2) is 0 Å². The van der Waals surface area contributed by atoms with Gasteiger partial charge >= 0.3 is 0 Å². The van der Waals surface area contributed by atoms with Gasteiger partial charge in [-0.15, -0.1) is 42.6 Å². The number of terminal acetylenes is 3. The molecule has 0 aliphatic carbocycles. The molecular weight excluding hydrogens is 1110 g/mol. The first-order chi connectivity index (χ1) is 36.5. The van der Waals surface area contributed by atoms with Crippen LogP contribution in [-0.2, 0) is 12.4 Å². The highest BCUT2D eigenvalue weighted by atomic mass is 79.9. The first kappa shape index (κ1) is 69.8. The van der Waals surface area contributed by atoms with E-state index >= 15 is 0 Å². The Morgan fingerprint density at radius 3 is 1.35 bits per heavy atom. The number of hydrogen-bond donors (Lipinski definition) is 8. The second-order valence-electron chi connectivity index (χ2n) is 15.9. The summed E-state index contributed by atoms with van der Waals surface area (Å²) in [5.74, 6) is 9.07. The summed E-state index contributed by atoms with van der Waals surface area (Å²) in [5, 5.41) is 62.3. The smallest absolute Gasteiger partial charge is 0.141 e. The molecule has 0 saturated carbocycles. The van der Waals surface area contributed by atoms with Gasteiger partial charge < -0.3 is 30.8 Å². The predicted molar refractivity (Wildman–Crippen MR) is 342 cm³/mol. The van der Waals surface area contributed by atoms with Gasteiger partial charge in [0.2, 0.25) is 0 Å².